The van der Waals surface area contributed by atoms with Gasteiger partial charge in [-0.3, -0.25) is 0 Å². The first-order valence-corrected chi connectivity index (χ1v) is 31.5. The molecule has 0 bridgehead atoms. The molecule has 3 heterocycles. The van der Waals surface area contributed by atoms with Crippen molar-refractivity contribution in [2.45, 2.75) is 117 Å². The molecule has 4 nitrogen and oxygen atoms in total. The SMILES string of the molecule is CC(C)(C)c1ccc(C(C)(C)c2ccnc(-n3c4[c-]c([Si](c5[c-]c(N6[CH-]N(c7cc(C(C)(C)C)cc(C(C)(C)C)c7)c7ccccc76)ccc5)(c5ccccc5)c5ccccc5)ccc4c4cc(C(C)(C)c5ccccc5)ccc43)c2)cc1.[Pt]. The minimum atomic E-state index is -3.29. The number of benzene rings is 9. The van der Waals surface area contributed by atoms with Gasteiger partial charge in [0.25, 0.3) is 0 Å². The van der Waals surface area contributed by atoms with Crippen molar-refractivity contribution in [1.82, 2.24) is 9.55 Å². The smallest absolute Gasteiger partial charge is 0.135 e. The average Bonchev–Trinajstić information content (AvgIpc) is 1.62. The Bertz CT molecular complexity index is 4110. The van der Waals surface area contributed by atoms with Gasteiger partial charge in [0.15, 0.2) is 0 Å². The van der Waals surface area contributed by atoms with E-state index in [9.17, 15) is 0 Å². The van der Waals surface area contributed by atoms with Crippen LogP contribution in [-0.4, -0.2) is 17.6 Å². The number of anilines is 4. The van der Waals surface area contributed by atoms with E-state index in [1.165, 1.54) is 54.7 Å². The quantitative estimate of drug-likeness (QED) is 0.0733. The summed E-state index contributed by atoms with van der Waals surface area (Å²) in [4.78, 5) is 10.0. The van der Waals surface area contributed by atoms with Crippen LogP contribution in [0.4, 0.5) is 22.7 Å². The third kappa shape index (κ3) is 10.3. The van der Waals surface area contributed by atoms with Crippen LogP contribution in [0.3, 0.4) is 0 Å². The molecule has 0 atom stereocenters. The first-order valence-electron chi connectivity index (χ1n) is 29.5. The van der Waals surface area contributed by atoms with Crippen LogP contribution in [0.25, 0.3) is 27.6 Å². The van der Waals surface area contributed by atoms with Crippen molar-refractivity contribution in [2.75, 3.05) is 9.80 Å². The normalized spacial score (nSPS) is 13.3. The summed E-state index contributed by atoms with van der Waals surface area (Å²) in [6, 6.07) is 90.1. The fraction of sp³-hybridized carbons (Fsp3) is 0.231. The molecule has 84 heavy (non-hydrogen) atoms. The van der Waals surface area contributed by atoms with Crippen molar-refractivity contribution in [3.63, 3.8) is 0 Å². The average molecular weight is 1290 g/mol. The Labute approximate surface area is 515 Å². The van der Waals surface area contributed by atoms with Gasteiger partial charge >= 0.3 is 0 Å². The third-order valence-corrected chi connectivity index (χ3v) is 22.5. The molecule has 2 aromatic heterocycles. The van der Waals surface area contributed by atoms with Crippen LogP contribution < -0.4 is 30.5 Å². The van der Waals surface area contributed by atoms with Gasteiger partial charge in [0.2, 0.25) is 0 Å². The van der Waals surface area contributed by atoms with Crippen molar-refractivity contribution in [3.05, 3.63) is 282 Å². The molecule has 11 aromatic rings. The van der Waals surface area contributed by atoms with E-state index in [-0.39, 0.29) is 48.1 Å². The van der Waals surface area contributed by atoms with E-state index in [0.29, 0.717) is 0 Å². The Morgan fingerprint density at radius 2 is 0.893 bits per heavy atom. The topological polar surface area (TPSA) is 24.3 Å². The zero-order valence-electron chi connectivity index (χ0n) is 51.0. The van der Waals surface area contributed by atoms with Crippen molar-refractivity contribution in [3.8, 4) is 5.82 Å². The van der Waals surface area contributed by atoms with Gasteiger partial charge in [-0.15, -0.1) is 17.7 Å². The van der Waals surface area contributed by atoms with Crippen LogP contribution in [0.5, 0.6) is 0 Å². The molecule has 1 aliphatic heterocycles. The van der Waals surface area contributed by atoms with Gasteiger partial charge in [0, 0.05) is 60.7 Å². The number of nitrogens with zero attached hydrogens (tertiary/aromatic N) is 4. The zero-order valence-corrected chi connectivity index (χ0v) is 54.3. The van der Waals surface area contributed by atoms with Crippen molar-refractivity contribution in [1.29, 1.82) is 0 Å². The number of fused-ring (bicyclic) bond motifs is 4. The number of rotatable bonds is 11. The molecular weight excluding hydrogens is 1220 g/mol. The molecular formula is C78H77N4PtSi-3. The number of pyridine rings is 1. The van der Waals surface area contributed by atoms with Crippen molar-refractivity contribution in [2.24, 2.45) is 0 Å². The first-order chi connectivity index (χ1) is 39.5. The maximum atomic E-state index is 5.29. The first kappa shape index (κ1) is 58.2. The second kappa shape index (κ2) is 21.8. The fourth-order valence-corrected chi connectivity index (χ4v) is 17.1. The van der Waals surface area contributed by atoms with Gasteiger partial charge in [0.05, 0.1) is 0 Å². The molecule has 6 heteroatoms. The molecule has 0 radical (unpaired) electrons. The monoisotopic (exact) mass is 1290 g/mol. The van der Waals surface area contributed by atoms with Gasteiger partial charge in [0.1, 0.15) is 13.9 Å². The van der Waals surface area contributed by atoms with Crippen LogP contribution in [-0.2, 0) is 48.1 Å². The van der Waals surface area contributed by atoms with Crippen LogP contribution in [0.2, 0.25) is 0 Å². The zero-order chi connectivity index (χ0) is 58.3. The maximum Gasteiger partial charge on any atom is 0.135 e. The molecule has 0 unspecified atom stereocenters. The standard InChI is InChI=1S/C78H77N4Si.Pt/c1-74(2,3)54-36-38-56(39-37-54)78(12,13)58-44-45-79-73(50-58)82-69-43-40-57(77(10,11)55-26-17-14-18-27-55)49-68(69)67-42-41-66(52-72(67)82)83(63-29-19-15-20-30-63,64-31-21-16-22-32-64)65-33-25-28-61(51-65)80-53-81(71-35-24-23-34-70(71)80)62-47-59(75(4,5)6)46-60(48-62)76(7,8)9;/h14-50,53H,1-13H3;/q-3;. The van der Waals surface area contributed by atoms with E-state index in [1.807, 2.05) is 6.20 Å². The molecule has 9 aromatic carbocycles. The molecule has 1 aliphatic rings. The van der Waals surface area contributed by atoms with E-state index in [2.05, 4.69) is 342 Å². The molecule has 12 rings (SSSR count). The van der Waals surface area contributed by atoms with Crippen molar-refractivity contribution < 1.29 is 21.1 Å². The van der Waals surface area contributed by atoms with E-state index in [4.69, 9.17) is 4.98 Å². The summed E-state index contributed by atoms with van der Waals surface area (Å²) in [5, 5.41) is 7.10. The molecule has 0 N–H and O–H groups in total. The molecule has 0 saturated carbocycles. The number of hydrogen-bond donors (Lipinski definition) is 0. The minimum Gasteiger partial charge on any atom is -0.493 e. The predicted molar refractivity (Wildman–Crippen MR) is 355 cm³/mol. The summed E-state index contributed by atoms with van der Waals surface area (Å²) in [6.07, 6.45) is 2.00. The van der Waals surface area contributed by atoms with Gasteiger partial charge in [-0.2, -0.15) is 52.8 Å². The van der Waals surface area contributed by atoms with Crippen molar-refractivity contribution >= 4 is 73.4 Å². The summed E-state index contributed by atoms with van der Waals surface area (Å²) < 4.78 is 2.38. The van der Waals surface area contributed by atoms with Gasteiger partial charge in [-0.1, -0.05) is 241 Å². The molecule has 0 aliphatic carbocycles. The molecule has 426 valence electrons. The Balaban J connectivity index is 0.00000736. The Morgan fingerprint density at radius 1 is 0.393 bits per heavy atom. The Morgan fingerprint density at radius 3 is 1.48 bits per heavy atom. The molecule has 0 amide bonds. The maximum absolute atomic E-state index is 5.29. The summed E-state index contributed by atoms with van der Waals surface area (Å²) in [5.41, 5.74) is 14.8. The summed E-state index contributed by atoms with van der Waals surface area (Å²) in [5.74, 6) is 0.862. The van der Waals surface area contributed by atoms with Crippen LogP contribution >= 0.6 is 0 Å². The molecule has 0 spiro atoms. The summed E-state index contributed by atoms with van der Waals surface area (Å²) in [7, 11) is -3.29. The fourth-order valence-electron chi connectivity index (χ4n) is 12.5. The van der Waals surface area contributed by atoms with Crippen LogP contribution in [0.15, 0.2) is 225 Å². The minimum absolute atomic E-state index is 0. The second-order valence-electron chi connectivity index (χ2n) is 27.1. The van der Waals surface area contributed by atoms with Gasteiger partial charge < -0.3 is 14.4 Å². The van der Waals surface area contributed by atoms with E-state index in [1.54, 1.807) is 0 Å². The number of aromatic nitrogens is 2. The van der Waals surface area contributed by atoms with E-state index < -0.39 is 8.07 Å². The van der Waals surface area contributed by atoms with Gasteiger partial charge in [-0.05, 0) is 113 Å². The van der Waals surface area contributed by atoms with E-state index >= 15 is 0 Å². The predicted octanol–water partition coefficient (Wildman–Crippen LogP) is 17.1. The van der Waals surface area contributed by atoms with E-state index in [0.717, 1.165) is 55.4 Å². The molecule has 0 fully saturated rings. The summed E-state index contributed by atoms with van der Waals surface area (Å²) >= 11 is 0. The van der Waals surface area contributed by atoms with Crippen LogP contribution in [0.1, 0.15) is 129 Å². The molecule has 0 saturated heterocycles. The Kier molecular flexibility index (Phi) is 15.1. The number of para-hydroxylation sites is 2. The largest absolute Gasteiger partial charge is 0.493 e. The van der Waals surface area contributed by atoms with Crippen LogP contribution in [0, 0.1) is 18.8 Å². The Hall–Kier alpha value is -7.56. The number of hydrogen-bond acceptors (Lipinski definition) is 3. The summed E-state index contributed by atoms with van der Waals surface area (Å²) in [6.45, 7) is 32.3. The second-order valence-corrected chi connectivity index (χ2v) is 30.8. The van der Waals surface area contributed by atoms with Gasteiger partial charge in [-0.25, -0.2) is 4.98 Å². The third-order valence-electron chi connectivity index (χ3n) is 17.9.